The summed E-state index contributed by atoms with van der Waals surface area (Å²) in [4.78, 5) is 25.5. The number of urea groups is 1. The first kappa shape index (κ1) is 16.0. The number of ether oxygens (including phenoxy) is 2. The number of carbonyl (C=O) groups is 2. The van der Waals surface area contributed by atoms with Gasteiger partial charge in [-0.05, 0) is 6.92 Å². The zero-order chi connectivity index (χ0) is 15.3. The Morgan fingerprint density at radius 3 is 2.57 bits per heavy atom. The fourth-order valence-electron chi connectivity index (χ4n) is 2.58. The van der Waals surface area contributed by atoms with Crippen molar-refractivity contribution >= 4 is 12.0 Å². The van der Waals surface area contributed by atoms with E-state index in [-0.39, 0.29) is 19.1 Å². The smallest absolute Gasteiger partial charge is 0.332 e. The molecule has 3 N–H and O–H groups in total. The van der Waals surface area contributed by atoms with E-state index in [1.807, 2.05) is 6.92 Å². The Kier molecular flexibility index (Phi) is 5.38. The number of hydrogen-bond donors (Lipinski definition) is 3. The molecule has 2 aliphatic rings. The molecule has 0 bridgehead atoms. The van der Waals surface area contributed by atoms with Crippen LogP contribution in [0, 0.1) is 0 Å². The second kappa shape index (κ2) is 7.06. The number of carboxylic acids is 1. The average molecular weight is 301 g/mol. The maximum absolute atomic E-state index is 12.0. The van der Waals surface area contributed by atoms with Gasteiger partial charge in [-0.15, -0.1) is 0 Å². The van der Waals surface area contributed by atoms with Crippen molar-refractivity contribution in [3.8, 4) is 0 Å². The van der Waals surface area contributed by atoms with Crippen LogP contribution in [0.4, 0.5) is 4.79 Å². The van der Waals surface area contributed by atoms with E-state index in [0.29, 0.717) is 26.4 Å². The van der Waals surface area contributed by atoms with Gasteiger partial charge in [-0.25, -0.2) is 9.59 Å². The second-order valence-corrected chi connectivity index (χ2v) is 5.60. The minimum Gasteiger partial charge on any atom is -0.479 e. The summed E-state index contributed by atoms with van der Waals surface area (Å²) in [5, 5.41) is 14.6. The number of aliphatic carboxylic acids is 1. The van der Waals surface area contributed by atoms with Crippen LogP contribution >= 0.6 is 0 Å². The van der Waals surface area contributed by atoms with Gasteiger partial charge in [0.25, 0.3) is 0 Å². The maximum atomic E-state index is 12.0. The Balaban J connectivity index is 1.78. The third-order valence-electron chi connectivity index (χ3n) is 3.80. The summed E-state index contributed by atoms with van der Waals surface area (Å²) in [5.74, 6) is -1.06. The molecular formula is C13H23N3O5. The van der Waals surface area contributed by atoms with Gasteiger partial charge in [-0.3, -0.25) is 4.90 Å². The monoisotopic (exact) mass is 301 g/mol. The first-order chi connectivity index (χ1) is 10.0. The fraction of sp³-hybridized carbons (Fsp3) is 0.846. The van der Waals surface area contributed by atoms with Gasteiger partial charge in [0.15, 0.2) is 5.54 Å². The first-order valence-corrected chi connectivity index (χ1v) is 7.22. The lowest BCUT2D eigenvalue weighted by Gasteiger charge is -2.30. The Morgan fingerprint density at radius 2 is 2.00 bits per heavy atom. The summed E-state index contributed by atoms with van der Waals surface area (Å²) in [5.41, 5.74) is -1.30. The van der Waals surface area contributed by atoms with E-state index >= 15 is 0 Å². The largest absolute Gasteiger partial charge is 0.479 e. The van der Waals surface area contributed by atoms with Crippen molar-refractivity contribution in [1.29, 1.82) is 0 Å². The Labute approximate surface area is 123 Å². The van der Waals surface area contributed by atoms with Crippen LogP contribution in [-0.2, 0) is 14.3 Å². The van der Waals surface area contributed by atoms with Crippen LogP contribution in [0.25, 0.3) is 0 Å². The van der Waals surface area contributed by atoms with Crippen LogP contribution in [-0.4, -0.2) is 79.6 Å². The molecule has 2 atom stereocenters. The number of amides is 2. The summed E-state index contributed by atoms with van der Waals surface area (Å²) < 4.78 is 10.4. The molecule has 8 heteroatoms. The van der Waals surface area contributed by atoms with Gasteiger partial charge in [-0.1, -0.05) is 0 Å². The number of hydrogen-bond acceptors (Lipinski definition) is 5. The molecule has 2 fully saturated rings. The Hall–Kier alpha value is -1.38. The van der Waals surface area contributed by atoms with Gasteiger partial charge in [0.2, 0.25) is 0 Å². The minimum atomic E-state index is -1.30. The van der Waals surface area contributed by atoms with E-state index in [0.717, 1.165) is 13.1 Å². The summed E-state index contributed by atoms with van der Waals surface area (Å²) in [6.45, 7) is 6.07. The molecule has 2 rings (SSSR count). The zero-order valence-corrected chi connectivity index (χ0v) is 12.3. The highest BCUT2D eigenvalue weighted by Crippen LogP contribution is 2.18. The quantitative estimate of drug-likeness (QED) is 0.618. The van der Waals surface area contributed by atoms with Crippen molar-refractivity contribution in [2.24, 2.45) is 0 Å². The lowest BCUT2D eigenvalue weighted by Crippen LogP contribution is -2.59. The van der Waals surface area contributed by atoms with Crippen LogP contribution in [0.15, 0.2) is 0 Å². The standard InChI is InChI=1S/C13H23N3O5/c1-10(8-16-3-6-20-7-4-16)14-12(19)15-13(11(17)18)2-5-21-9-13/h10H,2-9H2,1H3,(H,17,18)(H2,14,15,19). The molecule has 0 aromatic rings. The van der Waals surface area contributed by atoms with Crippen molar-refractivity contribution in [3.05, 3.63) is 0 Å². The van der Waals surface area contributed by atoms with Crippen LogP contribution in [0.2, 0.25) is 0 Å². The van der Waals surface area contributed by atoms with Gasteiger partial charge >= 0.3 is 12.0 Å². The third-order valence-corrected chi connectivity index (χ3v) is 3.80. The van der Waals surface area contributed by atoms with Crippen molar-refractivity contribution in [2.45, 2.75) is 24.9 Å². The summed E-state index contributed by atoms with van der Waals surface area (Å²) >= 11 is 0. The first-order valence-electron chi connectivity index (χ1n) is 7.22. The predicted molar refractivity (Wildman–Crippen MR) is 74.2 cm³/mol. The fourth-order valence-corrected chi connectivity index (χ4v) is 2.58. The molecule has 0 radical (unpaired) electrons. The van der Waals surface area contributed by atoms with Gasteiger partial charge in [0, 0.05) is 38.7 Å². The number of nitrogens with one attached hydrogen (secondary N) is 2. The number of morpholine rings is 1. The van der Waals surface area contributed by atoms with E-state index in [1.54, 1.807) is 0 Å². The highest BCUT2D eigenvalue weighted by molar-refractivity contribution is 5.86. The molecule has 2 amide bonds. The van der Waals surface area contributed by atoms with Crippen molar-refractivity contribution < 1.29 is 24.2 Å². The molecule has 0 saturated carbocycles. The molecule has 2 heterocycles. The topological polar surface area (TPSA) is 100 Å². The molecule has 0 spiro atoms. The van der Waals surface area contributed by atoms with Gasteiger partial charge < -0.3 is 25.2 Å². The molecule has 0 aromatic carbocycles. The number of rotatable bonds is 5. The zero-order valence-electron chi connectivity index (χ0n) is 12.3. The molecule has 0 aromatic heterocycles. The molecule has 0 aliphatic carbocycles. The molecule has 2 saturated heterocycles. The minimum absolute atomic E-state index is 0.00754. The second-order valence-electron chi connectivity index (χ2n) is 5.60. The van der Waals surface area contributed by atoms with E-state index in [1.165, 1.54) is 0 Å². The van der Waals surface area contributed by atoms with Crippen LogP contribution in [0.1, 0.15) is 13.3 Å². The van der Waals surface area contributed by atoms with Gasteiger partial charge in [-0.2, -0.15) is 0 Å². The highest BCUT2D eigenvalue weighted by Gasteiger charge is 2.44. The summed E-state index contributed by atoms with van der Waals surface area (Å²) in [6, 6.07) is -0.542. The predicted octanol–water partition coefficient (Wildman–Crippen LogP) is -0.750. The van der Waals surface area contributed by atoms with Crippen molar-refractivity contribution in [1.82, 2.24) is 15.5 Å². The summed E-state index contributed by atoms with van der Waals surface area (Å²) in [6.07, 6.45) is 0.285. The molecule has 120 valence electrons. The number of carbonyl (C=O) groups excluding carboxylic acids is 1. The van der Waals surface area contributed by atoms with Gasteiger partial charge in [0.05, 0.1) is 19.8 Å². The average Bonchev–Trinajstić information content (AvgIpc) is 2.89. The Morgan fingerprint density at radius 1 is 1.29 bits per heavy atom. The van der Waals surface area contributed by atoms with Crippen molar-refractivity contribution in [2.75, 3.05) is 46.1 Å². The van der Waals surface area contributed by atoms with E-state index in [9.17, 15) is 14.7 Å². The normalized spacial score (nSPS) is 28.0. The van der Waals surface area contributed by atoms with Crippen molar-refractivity contribution in [3.63, 3.8) is 0 Å². The third kappa shape index (κ3) is 4.29. The number of nitrogens with zero attached hydrogens (tertiary/aromatic N) is 1. The number of carboxylic acid groups (broad SMARTS) is 1. The lowest BCUT2D eigenvalue weighted by atomic mass is 9.99. The molecule has 8 nitrogen and oxygen atoms in total. The highest BCUT2D eigenvalue weighted by atomic mass is 16.5. The molecule has 21 heavy (non-hydrogen) atoms. The maximum Gasteiger partial charge on any atom is 0.332 e. The van der Waals surface area contributed by atoms with Crippen LogP contribution < -0.4 is 10.6 Å². The van der Waals surface area contributed by atoms with E-state index in [2.05, 4.69) is 15.5 Å². The van der Waals surface area contributed by atoms with Crippen LogP contribution in [0.3, 0.4) is 0 Å². The molecular weight excluding hydrogens is 278 g/mol. The Bertz CT molecular complexity index is 378. The molecule has 2 unspecified atom stereocenters. The summed E-state index contributed by atoms with van der Waals surface area (Å²) in [7, 11) is 0. The molecule has 2 aliphatic heterocycles. The van der Waals surface area contributed by atoms with Gasteiger partial charge in [0.1, 0.15) is 0 Å². The van der Waals surface area contributed by atoms with E-state index < -0.39 is 17.5 Å². The SMILES string of the molecule is CC(CN1CCOCC1)NC(=O)NC1(C(=O)O)CCOC1. The lowest BCUT2D eigenvalue weighted by molar-refractivity contribution is -0.144. The van der Waals surface area contributed by atoms with Crippen LogP contribution in [0.5, 0.6) is 0 Å². The van der Waals surface area contributed by atoms with E-state index in [4.69, 9.17) is 9.47 Å².